The molecule has 0 aromatic rings. The molecule has 0 atom stereocenters. The number of hydrogen-bond donors (Lipinski definition) is 1. The summed E-state index contributed by atoms with van der Waals surface area (Å²) >= 11 is 4.14. The molecule has 4 nitrogen and oxygen atoms in total. The summed E-state index contributed by atoms with van der Waals surface area (Å²) in [6.45, 7) is 5.57. The molecule has 0 aromatic carbocycles. The van der Waals surface area contributed by atoms with Crippen LogP contribution in [0.2, 0.25) is 0 Å². The smallest absolute Gasteiger partial charge is 0.320 e. The van der Waals surface area contributed by atoms with Gasteiger partial charge in [-0.05, 0) is 19.3 Å². The molecule has 0 aromatic heterocycles. The van der Waals surface area contributed by atoms with Gasteiger partial charge in [-0.3, -0.25) is 14.7 Å². The van der Waals surface area contributed by atoms with Gasteiger partial charge in [-0.15, -0.1) is 0 Å². The fraction of sp³-hybridized carbons (Fsp3) is 0.833. The van der Waals surface area contributed by atoms with E-state index in [0.717, 1.165) is 44.6 Å². The Morgan fingerprint density at radius 2 is 2.18 bits per heavy atom. The van der Waals surface area contributed by atoms with Crippen molar-refractivity contribution < 1.29 is 9.53 Å². The highest BCUT2D eigenvalue weighted by Crippen LogP contribution is 2.07. The topological polar surface area (TPSA) is 41.9 Å². The predicted octanol–water partition coefficient (Wildman–Crippen LogP) is 1.41. The Bertz CT molecular complexity index is 259. The molecule has 0 amide bonds. The summed E-state index contributed by atoms with van der Waals surface area (Å²) in [4.78, 5) is 18.0. The van der Waals surface area contributed by atoms with E-state index >= 15 is 0 Å². The largest absolute Gasteiger partial charge is 0.465 e. The molecule has 1 heterocycles. The molecule has 0 bridgehead atoms. The van der Waals surface area contributed by atoms with Gasteiger partial charge < -0.3 is 4.74 Å². The van der Waals surface area contributed by atoms with Crippen LogP contribution in [-0.4, -0.2) is 55.1 Å². The fourth-order valence-corrected chi connectivity index (χ4v) is 1.88. The number of aliphatic imine (C=N–C) groups is 1. The summed E-state index contributed by atoms with van der Waals surface area (Å²) in [5, 5.41) is 0. The average Bonchev–Trinajstić information content (AvgIpc) is 2.35. The van der Waals surface area contributed by atoms with Crippen LogP contribution in [0.4, 0.5) is 0 Å². The lowest BCUT2D eigenvalue weighted by Gasteiger charge is -2.26. The highest BCUT2D eigenvalue weighted by molar-refractivity contribution is 7.80. The molecule has 0 aliphatic carbocycles. The standard InChI is InChI=1S/C12H22N2O2S/c1-2-8-16-12(15)10-14-6-3-11(4-7-14)13-5-9-17/h17H,2-10H2,1H3. The van der Waals surface area contributed by atoms with E-state index in [1.54, 1.807) is 0 Å². The number of piperidine rings is 1. The molecule has 1 aliphatic heterocycles. The number of hydrogen-bond acceptors (Lipinski definition) is 5. The van der Waals surface area contributed by atoms with Gasteiger partial charge in [0.1, 0.15) is 0 Å². The van der Waals surface area contributed by atoms with Gasteiger partial charge >= 0.3 is 5.97 Å². The number of nitrogens with zero attached hydrogens (tertiary/aromatic N) is 2. The van der Waals surface area contributed by atoms with Crippen molar-refractivity contribution in [2.24, 2.45) is 4.99 Å². The number of rotatable bonds is 6. The molecule has 5 heteroatoms. The molecule has 98 valence electrons. The Kier molecular flexibility index (Phi) is 7.28. The molecular formula is C12H22N2O2S. The van der Waals surface area contributed by atoms with Crippen molar-refractivity contribution in [1.29, 1.82) is 0 Å². The average molecular weight is 258 g/mol. The summed E-state index contributed by atoms with van der Waals surface area (Å²) in [5.74, 6) is 0.693. The number of ether oxygens (including phenoxy) is 1. The maximum Gasteiger partial charge on any atom is 0.320 e. The van der Waals surface area contributed by atoms with E-state index in [4.69, 9.17) is 4.74 Å². The van der Waals surface area contributed by atoms with E-state index in [-0.39, 0.29) is 5.97 Å². The molecule has 0 unspecified atom stereocenters. The van der Waals surface area contributed by atoms with Crippen LogP contribution in [0.5, 0.6) is 0 Å². The van der Waals surface area contributed by atoms with Crippen LogP contribution in [0.15, 0.2) is 4.99 Å². The number of thiol groups is 1. The van der Waals surface area contributed by atoms with E-state index in [9.17, 15) is 4.79 Å². The zero-order chi connectivity index (χ0) is 12.5. The van der Waals surface area contributed by atoms with Crippen molar-refractivity contribution in [2.75, 3.05) is 38.5 Å². The Labute approximate surface area is 109 Å². The molecular weight excluding hydrogens is 236 g/mol. The number of carbonyl (C=O) groups excluding carboxylic acids is 1. The Morgan fingerprint density at radius 1 is 1.47 bits per heavy atom. The zero-order valence-electron chi connectivity index (χ0n) is 10.5. The van der Waals surface area contributed by atoms with Gasteiger partial charge in [0.25, 0.3) is 0 Å². The quantitative estimate of drug-likeness (QED) is 0.578. The van der Waals surface area contributed by atoms with E-state index in [1.807, 2.05) is 6.92 Å². The monoisotopic (exact) mass is 258 g/mol. The number of likely N-dealkylation sites (tertiary alicyclic amines) is 1. The highest BCUT2D eigenvalue weighted by atomic mass is 32.1. The second kappa shape index (κ2) is 8.53. The fourth-order valence-electron chi connectivity index (χ4n) is 1.78. The number of esters is 1. The molecule has 0 spiro atoms. The lowest BCUT2D eigenvalue weighted by atomic mass is 10.1. The second-order valence-electron chi connectivity index (χ2n) is 4.17. The van der Waals surface area contributed by atoms with Gasteiger partial charge in [-0.25, -0.2) is 0 Å². The zero-order valence-corrected chi connectivity index (χ0v) is 11.4. The third kappa shape index (κ3) is 6.07. The molecule has 1 rings (SSSR count). The highest BCUT2D eigenvalue weighted by Gasteiger charge is 2.17. The van der Waals surface area contributed by atoms with Crippen molar-refractivity contribution in [3.05, 3.63) is 0 Å². The first kappa shape index (κ1) is 14.5. The first-order valence-electron chi connectivity index (χ1n) is 6.27. The van der Waals surface area contributed by atoms with Crippen molar-refractivity contribution >= 4 is 24.3 Å². The molecule has 0 radical (unpaired) electrons. The van der Waals surface area contributed by atoms with Crippen LogP contribution < -0.4 is 0 Å². The molecule has 1 aliphatic rings. The maximum absolute atomic E-state index is 11.4. The Hall–Kier alpha value is -0.550. The normalized spacial score (nSPS) is 16.9. The molecule has 17 heavy (non-hydrogen) atoms. The van der Waals surface area contributed by atoms with Crippen LogP contribution in [0, 0.1) is 0 Å². The van der Waals surface area contributed by atoms with Crippen LogP contribution in [0.1, 0.15) is 26.2 Å². The van der Waals surface area contributed by atoms with Gasteiger partial charge in [0.05, 0.1) is 13.2 Å². The Morgan fingerprint density at radius 3 is 2.76 bits per heavy atom. The minimum atomic E-state index is -0.109. The van der Waals surface area contributed by atoms with Crippen LogP contribution >= 0.6 is 12.6 Å². The summed E-state index contributed by atoms with van der Waals surface area (Å²) in [7, 11) is 0. The van der Waals surface area contributed by atoms with Crippen molar-refractivity contribution in [3.63, 3.8) is 0 Å². The summed E-state index contributed by atoms with van der Waals surface area (Å²) in [6, 6.07) is 0. The van der Waals surface area contributed by atoms with Gasteiger partial charge in [-0.2, -0.15) is 12.6 Å². The lowest BCUT2D eigenvalue weighted by molar-refractivity contribution is -0.145. The van der Waals surface area contributed by atoms with Gasteiger partial charge in [0.15, 0.2) is 0 Å². The first-order chi connectivity index (χ1) is 8.26. The Balaban J connectivity index is 2.20. The van der Waals surface area contributed by atoms with Gasteiger partial charge in [0, 0.05) is 31.1 Å². The lowest BCUT2D eigenvalue weighted by Crippen LogP contribution is -2.38. The molecule has 1 saturated heterocycles. The van der Waals surface area contributed by atoms with Crippen LogP contribution in [-0.2, 0) is 9.53 Å². The van der Waals surface area contributed by atoms with E-state index in [2.05, 4.69) is 22.5 Å². The summed E-state index contributed by atoms with van der Waals surface area (Å²) in [5.41, 5.74) is 1.26. The van der Waals surface area contributed by atoms with E-state index in [1.165, 1.54) is 5.71 Å². The second-order valence-corrected chi connectivity index (χ2v) is 4.62. The summed E-state index contributed by atoms with van der Waals surface area (Å²) < 4.78 is 5.06. The van der Waals surface area contributed by atoms with Crippen molar-refractivity contribution in [3.8, 4) is 0 Å². The molecule has 0 N–H and O–H groups in total. The van der Waals surface area contributed by atoms with Crippen molar-refractivity contribution in [2.45, 2.75) is 26.2 Å². The summed E-state index contributed by atoms with van der Waals surface area (Å²) in [6.07, 6.45) is 2.82. The number of carbonyl (C=O) groups is 1. The molecule has 0 saturated carbocycles. The third-order valence-corrected chi connectivity index (χ3v) is 2.89. The minimum Gasteiger partial charge on any atom is -0.465 e. The minimum absolute atomic E-state index is 0.109. The van der Waals surface area contributed by atoms with Crippen LogP contribution in [0.25, 0.3) is 0 Å². The van der Waals surface area contributed by atoms with E-state index in [0.29, 0.717) is 13.2 Å². The maximum atomic E-state index is 11.4. The first-order valence-corrected chi connectivity index (χ1v) is 6.90. The third-order valence-electron chi connectivity index (χ3n) is 2.69. The SMILES string of the molecule is CCCOC(=O)CN1CCC(=NCCS)CC1. The van der Waals surface area contributed by atoms with E-state index < -0.39 is 0 Å². The predicted molar refractivity (Wildman–Crippen MR) is 73.1 cm³/mol. The molecule has 1 fully saturated rings. The van der Waals surface area contributed by atoms with Gasteiger partial charge in [-0.1, -0.05) is 6.92 Å². The van der Waals surface area contributed by atoms with Crippen molar-refractivity contribution in [1.82, 2.24) is 4.90 Å². The van der Waals surface area contributed by atoms with Gasteiger partial charge in [0.2, 0.25) is 0 Å². The van der Waals surface area contributed by atoms with Crippen LogP contribution in [0.3, 0.4) is 0 Å².